The van der Waals surface area contributed by atoms with Crippen molar-refractivity contribution < 1.29 is 24.1 Å². The van der Waals surface area contributed by atoms with E-state index >= 15 is 0 Å². The zero-order valence-electron chi connectivity index (χ0n) is 30.0. The number of carbonyl (C=O) groups excluding carboxylic acids is 2. The zero-order valence-corrected chi connectivity index (χ0v) is 30.7. The van der Waals surface area contributed by atoms with E-state index in [9.17, 15) is 9.59 Å². The lowest BCUT2D eigenvalue weighted by molar-refractivity contribution is -0.188. The summed E-state index contributed by atoms with van der Waals surface area (Å²) in [4.78, 5) is 61.1. The molecule has 0 unspecified atom stereocenters. The summed E-state index contributed by atoms with van der Waals surface area (Å²) < 4.78 is 5.68. The third kappa shape index (κ3) is 7.29. The molecule has 13 heteroatoms. The maximum absolute atomic E-state index is 14.0. The monoisotopic (exact) mass is 747 g/mol. The number of carbonyl (C=O) groups is 2. The lowest BCUT2D eigenvalue weighted by Crippen LogP contribution is -2.38. The van der Waals surface area contributed by atoms with Crippen LogP contribution in [0.3, 0.4) is 0 Å². The first-order valence-electron chi connectivity index (χ1n) is 18.5. The topological polar surface area (TPSA) is 138 Å². The van der Waals surface area contributed by atoms with Crippen LogP contribution in [0.4, 0.5) is 0 Å². The molecule has 0 aliphatic carbocycles. The third-order valence-electron chi connectivity index (χ3n) is 10.6. The molecular weight excluding hydrogens is 706 g/mol. The molecule has 5 heterocycles. The summed E-state index contributed by atoms with van der Waals surface area (Å²) >= 11 is 6.49. The quantitative estimate of drug-likeness (QED) is 0.0613. The number of rotatable bonds is 11. The first-order valence-corrected chi connectivity index (χ1v) is 18.9. The van der Waals surface area contributed by atoms with Crippen LogP contribution in [0.2, 0.25) is 5.02 Å². The molecule has 0 spiro atoms. The molecule has 4 atom stereocenters. The van der Waals surface area contributed by atoms with Gasteiger partial charge in [-0.15, -0.1) is 0 Å². The van der Waals surface area contributed by atoms with E-state index in [2.05, 4.69) is 68.4 Å². The normalized spacial score (nSPS) is 20.6. The summed E-state index contributed by atoms with van der Waals surface area (Å²) in [5.74, 6) is 1.45. The lowest BCUT2D eigenvalue weighted by Gasteiger charge is -2.26. The summed E-state index contributed by atoms with van der Waals surface area (Å²) in [7, 11) is 1.37. The van der Waals surface area contributed by atoms with Gasteiger partial charge in [-0.2, -0.15) is 4.89 Å². The number of amides is 2. The van der Waals surface area contributed by atoms with Gasteiger partial charge in [0.2, 0.25) is 6.40 Å². The number of likely N-dealkylation sites (tertiary alicyclic amines) is 2. The Bertz CT molecular complexity index is 2110. The van der Waals surface area contributed by atoms with Gasteiger partial charge in [0.1, 0.15) is 17.8 Å². The fraction of sp³-hybridized carbons (Fsp3) is 0.341. The van der Waals surface area contributed by atoms with Gasteiger partial charge < -0.3 is 29.4 Å². The largest absolute Gasteiger partial charge is 0.368 e. The molecule has 2 aromatic heterocycles. The molecule has 0 saturated carbocycles. The minimum atomic E-state index is -0.890. The number of aromatic amines is 2. The van der Waals surface area contributed by atoms with Crippen molar-refractivity contribution in [1.29, 1.82) is 0 Å². The van der Waals surface area contributed by atoms with Crippen LogP contribution < -0.4 is 0 Å². The summed E-state index contributed by atoms with van der Waals surface area (Å²) in [6.07, 6.45) is 9.68. The highest BCUT2D eigenvalue weighted by atomic mass is 35.5. The van der Waals surface area contributed by atoms with Crippen molar-refractivity contribution in [3.8, 4) is 33.6 Å². The number of nitrogens with one attached hydrogen (secondary N) is 2. The van der Waals surface area contributed by atoms with E-state index in [1.807, 2.05) is 34.3 Å². The summed E-state index contributed by atoms with van der Waals surface area (Å²) in [5, 5.41) is 0.448. The van der Waals surface area contributed by atoms with Gasteiger partial charge in [0.05, 0.1) is 43.0 Å². The summed E-state index contributed by atoms with van der Waals surface area (Å²) in [6.45, 7) is 1.97. The molecule has 12 nitrogen and oxygen atoms in total. The van der Waals surface area contributed by atoms with Crippen LogP contribution in [0.25, 0.3) is 33.6 Å². The van der Waals surface area contributed by atoms with Crippen LogP contribution in [0, 0.1) is 0 Å². The van der Waals surface area contributed by atoms with Gasteiger partial charge >= 0.3 is 0 Å². The number of benzene rings is 3. The van der Waals surface area contributed by atoms with Crippen LogP contribution in [0.5, 0.6) is 0 Å². The average molecular weight is 748 g/mol. The van der Waals surface area contributed by atoms with E-state index in [1.165, 1.54) is 7.11 Å². The highest BCUT2D eigenvalue weighted by molar-refractivity contribution is 6.31. The molecule has 0 bridgehead atoms. The van der Waals surface area contributed by atoms with Gasteiger partial charge in [-0.3, -0.25) is 9.59 Å². The summed E-state index contributed by atoms with van der Waals surface area (Å²) in [5.41, 5.74) is 6.58. The molecule has 2 amide bonds. The van der Waals surface area contributed by atoms with E-state index in [-0.39, 0.29) is 30.0 Å². The first-order chi connectivity index (χ1) is 26.5. The third-order valence-corrected chi connectivity index (χ3v) is 11.0. The van der Waals surface area contributed by atoms with Gasteiger partial charge in [0, 0.05) is 30.3 Å². The van der Waals surface area contributed by atoms with E-state index in [0.717, 1.165) is 96.8 Å². The Kier molecular flexibility index (Phi) is 10.6. The molecular formula is C41H42ClN7O5. The molecule has 3 saturated heterocycles. The second-order valence-corrected chi connectivity index (χ2v) is 14.2. The van der Waals surface area contributed by atoms with Crippen molar-refractivity contribution in [3.05, 3.63) is 107 Å². The number of nitrogens with zero attached hydrogens (tertiary/aromatic N) is 5. The molecule has 2 N–H and O–H groups in total. The first kappa shape index (κ1) is 35.7. The zero-order chi connectivity index (χ0) is 37.0. The van der Waals surface area contributed by atoms with Crippen molar-refractivity contribution in [1.82, 2.24) is 29.7 Å². The average Bonchev–Trinajstić information content (AvgIpc) is 4.06. The number of aromatic nitrogens is 4. The van der Waals surface area contributed by atoms with Crippen LogP contribution in [0.15, 0.2) is 90.2 Å². The maximum atomic E-state index is 14.0. The Balaban J connectivity index is 0.933. The van der Waals surface area contributed by atoms with Gasteiger partial charge in [-0.1, -0.05) is 78.3 Å². The van der Waals surface area contributed by atoms with E-state index in [4.69, 9.17) is 31.2 Å². The van der Waals surface area contributed by atoms with Gasteiger partial charge in [0.15, 0.2) is 6.04 Å². The minimum Gasteiger partial charge on any atom is -0.368 e. The number of hydrogen-bond donors (Lipinski definition) is 2. The Hall–Kier alpha value is -5.30. The predicted molar refractivity (Wildman–Crippen MR) is 204 cm³/mol. The Morgan fingerprint density at radius 1 is 0.815 bits per heavy atom. The van der Waals surface area contributed by atoms with Crippen molar-refractivity contribution in [3.63, 3.8) is 0 Å². The smallest absolute Gasteiger partial charge is 0.252 e. The minimum absolute atomic E-state index is 0.0492. The van der Waals surface area contributed by atoms with Crippen molar-refractivity contribution in [2.75, 3.05) is 26.8 Å². The highest BCUT2D eigenvalue weighted by Gasteiger charge is 2.38. The number of aliphatic imine (C=N–C) groups is 1. The molecule has 3 fully saturated rings. The molecule has 54 heavy (non-hydrogen) atoms. The lowest BCUT2D eigenvalue weighted by atomic mass is 10.0. The number of imidazole rings is 2. The molecule has 0 radical (unpaired) electrons. The van der Waals surface area contributed by atoms with Gasteiger partial charge in [0.25, 0.3) is 11.8 Å². The van der Waals surface area contributed by atoms with E-state index < -0.39 is 6.04 Å². The van der Waals surface area contributed by atoms with Gasteiger partial charge in [-0.25, -0.2) is 15.0 Å². The molecule has 8 rings (SSSR count). The van der Waals surface area contributed by atoms with Crippen molar-refractivity contribution in [2.45, 2.75) is 62.8 Å². The number of H-pyrrole nitrogens is 2. The molecule has 278 valence electrons. The second-order valence-electron chi connectivity index (χ2n) is 13.8. The van der Waals surface area contributed by atoms with Crippen LogP contribution in [-0.2, 0) is 24.1 Å². The standard InChI is InChI=1S/C41H42ClN7O5/c1-52-54-25-45-37(30-7-2-3-8-31(30)42)41(51)49-21-5-10-35(49)39-44-24-33(47-39)29-18-14-27(15-19-29)26-12-16-28(17-13-26)32-23-43-38(46-32)34-9-4-20-48(34)40(50)36-11-6-22-53-36/h2-3,7-8,12-19,23-25,34-37H,4-6,9-11,20-22H2,1H3,(H,43,46)(H,44,47)/b45-25-/t34-,35-,36+,37+/m0/s1. The second kappa shape index (κ2) is 16.0. The van der Waals surface area contributed by atoms with Crippen molar-refractivity contribution >= 4 is 29.8 Å². The van der Waals surface area contributed by atoms with Crippen LogP contribution >= 0.6 is 11.6 Å². The molecule has 3 aromatic carbocycles. The molecule has 5 aromatic rings. The maximum Gasteiger partial charge on any atom is 0.252 e. The van der Waals surface area contributed by atoms with Gasteiger partial charge in [-0.05, 0) is 66.8 Å². The van der Waals surface area contributed by atoms with Crippen LogP contribution in [0.1, 0.15) is 73.9 Å². The Morgan fingerprint density at radius 2 is 1.39 bits per heavy atom. The Labute approximate surface area is 318 Å². The fourth-order valence-corrected chi connectivity index (χ4v) is 8.08. The Morgan fingerprint density at radius 3 is 1.96 bits per heavy atom. The SMILES string of the molecule is COO/C=N\[C@@H](C(=O)N1CCC[C@H]1c1ncc(-c2ccc(-c3ccc(-c4cnc([C@@H]5CCCN5C(=O)[C@H]5CCCO5)[nH]4)cc3)cc2)[nH]1)c1ccccc1Cl. The number of hydrogen-bond acceptors (Lipinski definition) is 8. The molecule has 3 aliphatic rings. The number of ether oxygens (including phenoxy) is 1. The predicted octanol–water partition coefficient (Wildman–Crippen LogP) is 7.64. The van der Waals surface area contributed by atoms with E-state index in [0.29, 0.717) is 23.7 Å². The van der Waals surface area contributed by atoms with Crippen molar-refractivity contribution in [2.24, 2.45) is 4.99 Å². The van der Waals surface area contributed by atoms with Crippen LogP contribution in [-0.4, -0.2) is 80.9 Å². The number of halogens is 1. The fourth-order valence-electron chi connectivity index (χ4n) is 7.84. The van der Waals surface area contributed by atoms with E-state index in [1.54, 1.807) is 12.1 Å². The highest BCUT2D eigenvalue weighted by Crippen LogP contribution is 2.37. The summed E-state index contributed by atoms with van der Waals surface area (Å²) in [6, 6.07) is 22.7. The molecule has 3 aliphatic heterocycles.